The van der Waals surface area contributed by atoms with Crippen molar-refractivity contribution in [3.8, 4) is 0 Å². The van der Waals surface area contributed by atoms with E-state index in [9.17, 15) is 5.11 Å². The molecular weight excluding hydrogens is 256 g/mol. The minimum absolute atomic E-state index is 0.218. The largest absolute Gasteiger partial charge is 0.369 e. The number of hydrogen-bond donors (Lipinski definition) is 4. The summed E-state index contributed by atoms with van der Waals surface area (Å²) in [5.74, 6) is 1.60. The van der Waals surface area contributed by atoms with Crippen LogP contribution in [0.15, 0.2) is 15.0 Å². The van der Waals surface area contributed by atoms with E-state index < -0.39 is 5.60 Å². The van der Waals surface area contributed by atoms with Crippen molar-refractivity contribution in [1.82, 2.24) is 16.0 Å². The van der Waals surface area contributed by atoms with E-state index in [2.05, 4.69) is 30.9 Å². The summed E-state index contributed by atoms with van der Waals surface area (Å²) in [5.41, 5.74) is -1.40. The molecule has 0 spiro atoms. The zero-order valence-corrected chi connectivity index (χ0v) is 12.1. The first-order valence-electron chi connectivity index (χ1n) is 7.17. The van der Waals surface area contributed by atoms with Crippen molar-refractivity contribution in [1.29, 1.82) is 0 Å². The highest BCUT2D eigenvalue weighted by Gasteiger charge is 2.49. The van der Waals surface area contributed by atoms with Gasteiger partial charge in [-0.05, 0) is 20.8 Å². The van der Waals surface area contributed by atoms with Gasteiger partial charge in [0.1, 0.15) is 17.5 Å². The summed E-state index contributed by atoms with van der Waals surface area (Å²) in [6, 6.07) is 0.654. The maximum Gasteiger partial charge on any atom is 0.236 e. The molecule has 20 heavy (non-hydrogen) atoms. The average molecular weight is 278 g/mol. The molecule has 3 aliphatic rings. The van der Waals surface area contributed by atoms with Gasteiger partial charge in [0.2, 0.25) is 5.60 Å². The highest BCUT2D eigenvalue weighted by Crippen LogP contribution is 2.19. The lowest BCUT2D eigenvalue weighted by Crippen LogP contribution is -2.64. The van der Waals surface area contributed by atoms with Gasteiger partial charge < -0.3 is 21.1 Å². The lowest BCUT2D eigenvalue weighted by molar-refractivity contribution is 0.240. The van der Waals surface area contributed by atoms with Crippen molar-refractivity contribution < 1.29 is 5.11 Å². The van der Waals surface area contributed by atoms with Crippen molar-refractivity contribution >= 4 is 17.5 Å². The number of aliphatic hydroxyl groups is 1. The molecule has 3 rings (SSSR count). The highest BCUT2D eigenvalue weighted by molar-refractivity contribution is 6.31. The van der Waals surface area contributed by atoms with Crippen LogP contribution < -0.4 is 16.0 Å². The average Bonchev–Trinajstić information content (AvgIpc) is 3.10. The number of nitrogens with one attached hydrogen (secondary N) is 3. The van der Waals surface area contributed by atoms with Gasteiger partial charge in [0.05, 0.1) is 19.6 Å². The number of aliphatic imine (C=N–C) groups is 3. The predicted molar refractivity (Wildman–Crippen MR) is 79.6 cm³/mol. The van der Waals surface area contributed by atoms with Crippen LogP contribution in [0, 0.1) is 0 Å². The fourth-order valence-corrected chi connectivity index (χ4v) is 2.65. The van der Waals surface area contributed by atoms with Crippen LogP contribution in [0.25, 0.3) is 0 Å². The van der Waals surface area contributed by atoms with Gasteiger partial charge in [0.15, 0.2) is 0 Å². The molecule has 0 aromatic heterocycles. The summed E-state index contributed by atoms with van der Waals surface area (Å²) < 4.78 is 0. The summed E-state index contributed by atoms with van der Waals surface area (Å²) in [5, 5.41) is 21.0. The Labute approximate surface area is 118 Å². The van der Waals surface area contributed by atoms with Gasteiger partial charge in [-0.15, -0.1) is 0 Å². The third-order valence-corrected chi connectivity index (χ3v) is 3.75. The molecule has 0 aliphatic carbocycles. The Balaban J connectivity index is 1.95. The molecule has 0 radical (unpaired) electrons. The van der Waals surface area contributed by atoms with E-state index in [1.54, 1.807) is 0 Å². The van der Waals surface area contributed by atoms with Gasteiger partial charge in [-0.3, -0.25) is 15.0 Å². The standard InChI is InChI=1S/C13H22N6O/c1-7-4-14-10(17-7)13(20,11-15-5-8(2)18-11)12-16-6-9(3)19-12/h7-9,20H,4-6H2,1-3H3,(H,14,17)(H,15,18)(H,16,19)/t7-,8-,9+/m1/s1. The predicted octanol–water partition coefficient (Wildman–Crippen LogP) is -1.11. The Kier molecular flexibility index (Phi) is 3.16. The first-order valence-corrected chi connectivity index (χ1v) is 7.17. The van der Waals surface area contributed by atoms with Gasteiger partial charge in [-0.25, -0.2) is 0 Å². The minimum Gasteiger partial charge on any atom is -0.369 e. The Morgan fingerprint density at radius 2 is 1.10 bits per heavy atom. The first kappa shape index (κ1) is 13.4. The third kappa shape index (κ3) is 2.06. The highest BCUT2D eigenvalue weighted by atomic mass is 16.3. The van der Waals surface area contributed by atoms with E-state index >= 15 is 0 Å². The zero-order chi connectivity index (χ0) is 14.3. The molecule has 7 nitrogen and oxygen atoms in total. The molecule has 0 saturated heterocycles. The Morgan fingerprint density at radius 1 is 0.800 bits per heavy atom. The van der Waals surface area contributed by atoms with E-state index in [1.165, 1.54) is 0 Å². The van der Waals surface area contributed by atoms with E-state index in [1.807, 2.05) is 20.8 Å². The van der Waals surface area contributed by atoms with Crippen molar-refractivity contribution in [3.63, 3.8) is 0 Å². The molecule has 3 heterocycles. The Morgan fingerprint density at radius 3 is 1.30 bits per heavy atom. The molecule has 0 amide bonds. The molecule has 7 heteroatoms. The van der Waals surface area contributed by atoms with Crippen LogP contribution in [-0.4, -0.2) is 66.0 Å². The lowest BCUT2D eigenvalue weighted by atomic mass is 9.98. The fraction of sp³-hybridized carbons (Fsp3) is 0.769. The molecule has 3 atom stereocenters. The molecule has 0 aromatic carbocycles. The van der Waals surface area contributed by atoms with E-state index in [0.29, 0.717) is 37.1 Å². The van der Waals surface area contributed by atoms with Gasteiger partial charge in [-0.1, -0.05) is 0 Å². The maximum absolute atomic E-state index is 11.3. The molecule has 0 aromatic rings. The Hall–Kier alpha value is -1.63. The van der Waals surface area contributed by atoms with Crippen LogP contribution in [-0.2, 0) is 0 Å². The van der Waals surface area contributed by atoms with Crippen molar-refractivity contribution in [3.05, 3.63) is 0 Å². The smallest absolute Gasteiger partial charge is 0.236 e. The summed E-state index contributed by atoms with van der Waals surface area (Å²) >= 11 is 0. The summed E-state index contributed by atoms with van der Waals surface area (Å²) in [4.78, 5) is 13.3. The molecule has 0 unspecified atom stereocenters. The van der Waals surface area contributed by atoms with E-state index in [4.69, 9.17) is 0 Å². The van der Waals surface area contributed by atoms with Crippen molar-refractivity contribution in [2.24, 2.45) is 15.0 Å². The monoisotopic (exact) mass is 278 g/mol. The second kappa shape index (κ2) is 4.73. The third-order valence-electron chi connectivity index (χ3n) is 3.75. The van der Waals surface area contributed by atoms with Crippen LogP contribution in [0.2, 0.25) is 0 Å². The van der Waals surface area contributed by atoms with Crippen molar-refractivity contribution in [2.75, 3.05) is 19.6 Å². The molecule has 3 aliphatic heterocycles. The van der Waals surface area contributed by atoms with Crippen LogP contribution in [0.4, 0.5) is 0 Å². The number of hydrogen-bond acceptors (Lipinski definition) is 7. The molecular formula is C13H22N6O. The van der Waals surface area contributed by atoms with Crippen LogP contribution in [0.1, 0.15) is 20.8 Å². The minimum atomic E-state index is -1.40. The van der Waals surface area contributed by atoms with Crippen LogP contribution in [0.3, 0.4) is 0 Å². The zero-order valence-electron chi connectivity index (χ0n) is 12.1. The number of amidine groups is 3. The summed E-state index contributed by atoms with van der Waals surface area (Å²) in [6.07, 6.45) is 0. The molecule has 4 N–H and O–H groups in total. The second-order valence-electron chi connectivity index (χ2n) is 5.91. The lowest BCUT2D eigenvalue weighted by Gasteiger charge is -2.30. The number of nitrogens with zero attached hydrogens (tertiary/aromatic N) is 3. The molecule has 0 saturated carbocycles. The van der Waals surface area contributed by atoms with Crippen LogP contribution >= 0.6 is 0 Å². The molecule has 0 fully saturated rings. The maximum atomic E-state index is 11.3. The van der Waals surface area contributed by atoms with E-state index in [0.717, 1.165) is 0 Å². The van der Waals surface area contributed by atoms with Gasteiger partial charge in [-0.2, -0.15) is 0 Å². The second-order valence-corrected chi connectivity index (χ2v) is 5.91. The topological polar surface area (TPSA) is 93.4 Å². The van der Waals surface area contributed by atoms with E-state index in [-0.39, 0.29) is 18.1 Å². The molecule has 110 valence electrons. The van der Waals surface area contributed by atoms with Gasteiger partial charge in [0.25, 0.3) is 0 Å². The van der Waals surface area contributed by atoms with Crippen LogP contribution in [0.5, 0.6) is 0 Å². The number of rotatable bonds is 3. The fourth-order valence-electron chi connectivity index (χ4n) is 2.65. The SMILES string of the molecule is C[C@@H]1CN=C(C(O)(C2=NC[C@@H](C)N2)C2=NC[C@H](C)N2)N1. The summed E-state index contributed by atoms with van der Waals surface area (Å²) in [7, 11) is 0. The quantitative estimate of drug-likeness (QED) is 0.526. The normalized spacial score (nSPS) is 33.0. The first-order chi connectivity index (χ1) is 9.50. The Bertz CT molecular complexity index is 428. The summed E-state index contributed by atoms with van der Waals surface area (Å²) in [6.45, 7) is 8.08. The van der Waals surface area contributed by atoms with Gasteiger partial charge in [0, 0.05) is 18.1 Å². The van der Waals surface area contributed by atoms with Crippen molar-refractivity contribution in [2.45, 2.75) is 44.5 Å². The molecule has 0 bridgehead atoms. The van der Waals surface area contributed by atoms with Gasteiger partial charge >= 0.3 is 0 Å².